The molecule has 1 amide bonds. The molecule has 0 aliphatic heterocycles. The third-order valence-electron chi connectivity index (χ3n) is 6.11. The third-order valence-corrected chi connectivity index (χ3v) is 7.92. The van der Waals surface area contributed by atoms with Crippen LogP contribution in [0.3, 0.4) is 0 Å². The number of aliphatic hydroxyl groups excluding tert-OH is 1. The highest BCUT2D eigenvalue weighted by atomic mass is 32.2. The van der Waals surface area contributed by atoms with Crippen molar-refractivity contribution >= 4 is 43.4 Å². The number of rotatable bonds is 10. The molecule has 4 N–H and O–H groups in total. The van der Waals surface area contributed by atoms with Crippen molar-refractivity contribution in [1.29, 1.82) is 0 Å². The minimum atomic E-state index is -4.15. The van der Waals surface area contributed by atoms with Gasteiger partial charge in [0.15, 0.2) is 0 Å². The fourth-order valence-electron chi connectivity index (χ4n) is 4.17. The third kappa shape index (κ3) is 4.90. The molecule has 11 nitrogen and oxygen atoms in total. The average molecular weight is 528 g/mol. The van der Waals surface area contributed by atoms with Crippen LogP contribution < -0.4 is 24.8 Å². The predicted octanol–water partition coefficient (Wildman–Crippen LogP) is 1.37. The smallest absolute Gasteiger partial charge is 0.264 e. The van der Waals surface area contributed by atoms with Crippen LogP contribution in [0.15, 0.2) is 59.5 Å². The summed E-state index contributed by atoms with van der Waals surface area (Å²) in [7, 11) is 0.595. The zero-order valence-corrected chi connectivity index (χ0v) is 21.5. The Kier molecular flexibility index (Phi) is 7.52. The Morgan fingerprint density at radius 2 is 1.84 bits per heavy atom. The molecule has 4 rings (SSSR count). The molecule has 2 aromatic heterocycles. The highest BCUT2D eigenvalue weighted by molar-refractivity contribution is 7.92. The van der Waals surface area contributed by atoms with E-state index < -0.39 is 28.6 Å². The van der Waals surface area contributed by atoms with Gasteiger partial charge in [0.1, 0.15) is 11.7 Å². The van der Waals surface area contributed by atoms with Crippen LogP contribution in [-0.2, 0) is 21.9 Å². The summed E-state index contributed by atoms with van der Waals surface area (Å²) in [6.45, 7) is -0.753. The van der Waals surface area contributed by atoms with E-state index in [4.69, 9.17) is 20.3 Å². The van der Waals surface area contributed by atoms with Crippen molar-refractivity contribution in [3.8, 4) is 11.8 Å². The predicted molar refractivity (Wildman–Crippen MR) is 140 cm³/mol. The van der Waals surface area contributed by atoms with E-state index >= 15 is 0 Å². The Bertz CT molecular complexity index is 1550. The van der Waals surface area contributed by atoms with Crippen LogP contribution in [-0.4, -0.2) is 68.9 Å². The molecule has 37 heavy (non-hydrogen) atoms. The fourth-order valence-corrected chi connectivity index (χ4v) is 5.66. The highest BCUT2D eigenvalue weighted by Crippen LogP contribution is 2.35. The largest absolute Gasteiger partial charge is 0.481 e. The number of carbonyl (C=O) groups excluding carboxylic acids is 1. The van der Waals surface area contributed by atoms with Crippen molar-refractivity contribution in [1.82, 2.24) is 14.9 Å². The number of ether oxygens (including phenoxy) is 2. The van der Waals surface area contributed by atoms with Crippen molar-refractivity contribution in [3.63, 3.8) is 0 Å². The number of sulfonamides is 1. The zero-order valence-electron chi connectivity index (χ0n) is 20.7. The van der Waals surface area contributed by atoms with Gasteiger partial charge in [0.05, 0.1) is 32.3 Å². The number of methoxy groups -OCH3 is 2. The summed E-state index contributed by atoms with van der Waals surface area (Å²) < 4.78 is 41.7. The maximum atomic E-state index is 14.0. The molecule has 0 fully saturated rings. The lowest BCUT2D eigenvalue weighted by molar-refractivity contribution is -0.123. The van der Waals surface area contributed by atoms with Crippen LogP contribution in [0.5, 0.6) is 11.8 Å². The van der Waals surface area contributed by atoms with Crippen molar-refractivity contribution in [2.45, 2.75) is 10.9 Å². The lowest BCUT2D eigenvalue weighted by Crippen LogP contribution is -2.46. The monoisotopic (exact) mass is 527 g/mol. The molecule has 196 valence electrons. The van der Waals surface area contributed by atoms with Crippen molar-refractivity contribution in [2.75, 3.05) is 38.2 Å². The summed E-state index contributed by atoms with van der Waals surface area (Å²) in [6, 6.07) is 14.7. The van der Waals surface area contributed by atoms with E-state index in [1.807, 2.05) is 35.9 Å². The first-order chi connectivity index (χ1) is 17.7. The molecule has 0 aliphatic rings. The number of nitrogens with zero attached hydrogens (tertiary/aromatic N) is 3. The molecule has 0 saturated carbocycles. The molecule has 0 aliphatic carbocycles. The van der Waals surface area contributed by atoms with Gasteiger partial charge in [-0.2, -0.15) is 4.98 Å². The van der Waals surface area contributed by atoms with Gasteiger partial charge >= 0.3 is 0 Å². The highest BCUT2D eigenvalue weighted by Gasteiger charge is 2.29. The average Bonchev–Trinajstić information content (AvgIpc) is 3.21. The van der Waals surface area contributed by atoms with Gasteiger partial charge in [0.2, 0.25) is 17.7 Å². The standard InChI is InChI=1S/C25H29N5O6S/c1-29-20-7-5-4-6-17(20)18-14-16(8-9-21(18)29)37(33,34)30(13-12-27-24(32)19(26)15-31)22-10-11-23(35-2)28-25(22)36-3/h4-11,14,19,31H,12-13,15,26H2,1-3H3,(H,27,32)/t19-/m0/s1. The Balaban J connectivity index is 1.80. The number of carbonyl (C=O) groups is 1. The van der Waals surface area contributed by atoms with Gasteiger partial charge in [-0.05, 0) is 30.3 Å². The number of hydrogen-bond donors (Lipinski definition) is 3. The first-order valence-electron chi connectivity index (χ1n) is 11.5. The maximum Gasteiger partial charge on any atom is 0.264 e. The molecule has 12 heteroatoms. The number of aryl methyl sites for hydroxylation is 1. The minimum Gasteiger partial charge on any atom is -0.481 e. The van der Waals surface area contributed by atoms with E-state index in [1.54, 1.807) is 18.2 Å². The lowest BCUT2D eigenvalue weighted by atomic mass is 10.1. The molecular weight excluding hydrogens is 498 g/mol. The number of para-hydroxylation sites is 1. The van der Waals surface area contributed by atoms with Gasteiger partial charge in [0, 0.05) is 41.5 Å². The van der Waals surface area contributed by atoms with E-state index in [1.165, 1.54) is 26.4 Å². The van der Waals surface area contributed by atoms with E-state index in [9.17, 15) is 13.2 Å². The van der Waals surface area contributed by atoms with E-state index in [0.717, 1.165) is 26.1 Å². The van der Waals surface area contributed by atoms with E-state index in [2.05, 4.69) is 10.3 Å². The number of aromatic nitrogens is 2. The molecule has 0 bridgehead atoms. The SMILES string of the molecule is COc1ccc(N(CCNC(=O)[C@@H](N)CO)S(=O)(=O)c2ccc3c(c2)c2ccccc2n3C)c(OC)n1. The van der Waals surface area contributed by atoms with Crippen LogP contribution in [0.1, 0.15) is 0 Å². The van der Waals surface area contributed by atoms with Gasteiger partial charge in [-0.3, -0.25) is 9.10 Å². The Morgan fingerprint density at radius 1 is 1.11 bits per heavy atom. The maximum absolute atomic E-state index is 14.0. The normalized spacial score (nSPS) is 12.5. The summed E-state index contributed by atoms with van der Waals surface area (Å²) in [5, 5.41) is 13.4. The number of amides is 1. The summed E-state index contributed by atoms with van der Waals surface area (Å²) in [5.74, 6) is -0.318. The van der Waals surface area contributed by atoms with Crippen molar-refractivity contribution < 1.29 is 27.8 Å². The fraction of sp³-hybridized carbons (Fsp3) is 0.280. The quantitative estimate of drug-likeness (QED) is 0.280. The summed E-state index contributed by atoms with van der Waals surface area (Å²) in [6.07, 6.45) is 0. The Hall–Kier alpha value is -3.87. The first-order valence-corrected chi connectivity index (χ1v) is 12.9. The van der Waals surface area contributed by atoms with Gasteiger partial charge in [-0.25, -0.2) is 8.42 Å². The molecule has 0 radical (unpaired) electrons. The van der Waals surface area contributed by atoms with Crippen LogP contribution in [0.25, 0.3) is 21.8 Å². The Labute approximate surface area is 214 Å². The second-order valence-corrected chi connectivity index (χ2v) is 10.2. The number of nitrogens with one attached hydrogen (secondary N) is 1. The summed E-state index contributed by atoms with van der Waals surface area (Å²) in [5.41, 5.74) is 7.60. The van der Waals surface area contributed by atoms with Crippen LogP contribution >= 0.6 is 0 Å². The lowest BCUT2D eigenvalue weighted by Gasteiger charge is -2.26. The molecule has 2 aromatic carbocycles. The zero-order chi connectivity index (χ0) is 26.7. The summed E-state index contributed by atoms with van der Waals surface area (Å²) in [4.78, 5) is 16.4. The number of fused-ring (bicyclic) bond motifs is 3. The molecule has 0 unspecified atom stereocenters. The number of aliphatic hydroxyl groups is 1. The number of anilines is 1. The van der Waals surface area contributed by atoms with Crippen LogP contribution in [0.4, 0.5) is 5.69 Å². The Morgan fingerprint density at radius 3 is 2.54 bits per heavy atom. The molecule has 1 atom stereocenters. The number of benzene rings is 2. The van der Waals surface area contributed by atoms with Crippen LogP contribution in [0.2, 0.25) is 0 Å². The van der Waals surface area contributed by atoms with E-state index in [0.29, 0.717) is 0 Å². The number of nitrogens with two attached hydrogens (primary N) is 1. The van der Waals surface area contributed by atoms with Crippen molar-refractivity contribution in [3.05, 3.63) is 54.6 Å². The number of hydrogen-bond acceptors (Lipinski definition) is 8. The molecular formula is C25H29N5O6S. The second kappa shape index (κ2) is 10.6. The van der Waals surface area contributed by atoms with Gasteiger partial charge in [0.25, 0.3) is 10.0 Å². The number of pyridine rings is 1. The second-order valence-electron chi connectivity index (χ2n) is 8.29. The molecule has 0 saturated heterocycles. The van der Waals surface area contributed by atoms with Gasteiger partial charge in [-0.15, -0.1) is 0 Å². The van der Waals surface area contributed by atoms with Crippen molar-refractivity contribution in [2.24, 2.45) is 12.8 Å². The summed E-state index contributed by atoms with van der Waals surface area (Å²) >= 11 is 0. The molecule has 2 heterocycles. The van der Waals surface area contributed by atoms with Crippen LogP contribution in [0, 0.1) is 0 Å². The minimum absolute atomic E-state index is 0.0348. The topological polar surface area (TPSA) is 149 Å². The first kappa shape index (κ1) is 26.2. The molecule has 4 aromatic rings. The van der Waals surface area contributed by atoms with E-state index in [-0.39, 0.29) is 35.4 Å². The molecule has 0 spiro atoms. The van der Waals surface area contributed by atoms with Gasteiger partial charge in [-0.1, -0.05) is 18.2 Å². The van der Waals surface area contributed by atoms with Gasteiger partial charge < -0.3 is 30.2 Å².